The van der Waals surface area contributed by atoms with Gasteiger partial charge in [0.25, 0.3) is 5.91 Å². The molecule has 0 aliphatic rings. The fraction of sp³-hybridized carbons (Fsp3) is 0.273. The van der Waals surface area contributed by atoms with Gasteiger partial charge in [-0.25, -0.2) is 0 Å². The van der Waals surface area contributed by atoms with Crippen LogP contribution in [0.5, 0.6) is 5.75 Å². The molecule has 3 rings (SSSR count). The zero-order valence-electron chi connectivity index (χ0n) is 18.2. The number of ether oxygens (including phenoxy) is 1. The van der Waals surface area contributed by atoms with Gasteiger partial charge in [0.1, 0.15) is 5.75 Å². The number of aromatic nitrogens is 3. The molecular weight excluding hydrogens is 450 g/mol. The summed E-state index contributed by atoms with van der Waals surface area (Å²) in [6.45, 7) is 3.68. The molecule has 0 aliphatic heterocycles. The first kappa shape index (κ1) is 23.6. The number of hydrogen-bond acceptors (Lipinski definition) is 6. The van der Waals surface area contributed by atoms with E-state index in [1.165, 1.54) is 11.8 Å². The van der Waals surface area contributed by atoms with Crippen molar-refractivity contribution < 1.29 is 14.3 Å². The first-order valence-corrected chi connectivity index (χ1v) is 11.2. The fourth-order valence-corrected chi connectivity index (χ4v) is 3.87. The van der Waals surface area contributed by atoms with E-state index < -0.39 is 0 Å². The average molecular weight is 474 g/mol. The number of rotatable bonds is 8. The number of halogens is 1. The van der Waals surface area contributed by atoms with Gasteiger partial charge in [-0.05, 0) is 55.8 Å². The van der Waals surface area contributed by atoms with Crippen LogP contribution in [-0.2, 0) is 11.8 Å². The zero-order chi connectivity index (χ0) is 23.3. The lowest BCUT2D eigenvalue weighted by molar-refractivity contribution is -0.113. The first-order chi connectivity index (χ1) is 15.3. The second-order valence-corrected chi connectivity index (χ2v) is 8.42. The summed E-state index contributed by atoms with van der Waals surface area (Å²) in [4.78, 5) is 24.9. The maximum absolute atomic E-state index is 12.5. The number of carbonyl (C=O) groups excluding carboxylic acids is 2. The Labute approximate surface area is 195 Å². The van der Waals surface area contributed by atoms with Gasteiger partial charge in [-0.1, -0.05) is 29.4 Å². The minimum atomic E-state index is -0.376. The topological polar surface area (TPSA) is 98.1 Å². The highest BCUT2D eigenvalue weighted by atomic mass is 35.5. The molecule has 1 heterocycles. The standard InChI is InChI=1S/C22H24ClN5O3S/c1-13-17(23)6-5-7-18(13)25-19(29)12-32-22-27-26-20(28(22)3)14(2)24-21(30)15-8-10-16(31-4)11-9-15/h5-11,14H,12H2,1-4H3,(H,24,30)(H,25,29)/t14-/m1/s1. The van der Waals surface area contributed by atoms with Crippen molar-refractivity contribution in [3.05, 3.63) is 64.4 Å². The zero-order valence-corrected chi connectivity index (χ0v) is 19.8. The van der Waals surface area contributed by atoms with Crippen LogP contribution < -0.4 is 15.4 Å². The van der Waals surface area contributed by atoms with E-state index in [1.54, 1.807) is 61.2 Å². The Bertz CT molecular complexity index is 1120. The molecule has 1 atom stereocenters. The van der Waals surface area contributed by atoms with Crippen LogP contribution in [0.3, 0.4) is 0 Å². The molecule has 0 radical (unpaired) electrons. The van der Waals surface area contributed by atoms with Gasteiger partial charge in [-0.3, -0.25) is 9.59 Å². The van der Waals surface area contributed by atoms with E-state index in [4.69, 9.17) is 16.3 Å². The summed E-state index contributed by atoms with van der Waals surface area (Å²) >= 11 is 7.36. The molecule has 32 heavy (non-hydrogen) atoms. The van der Waals surface area contributed by atoms with Gasteiger partial charge in [0, 0.05) is 23.3 Å². The van der Waals surface area contributed by atoms with Crippen LogP contribution in [0.4, 0.5) is 5.69 Å². The lowest BCUT2D eigenvalue weighted by Crippen LogP contribution is -2.28. The molecule has 10 heteroatoms. The van der Waals surface area contributed by atoms with E-state index in [1.807, 2.05) is 13.8 Å². The van der Waals surface area contributed by atoms with Crippen molar-refractivity contribution in [3.8, 4) is 5.75 Å². The third kappa shape index (κ3) is 5.60. The molecule has 0 spiro atoms. The van der Waals surface area contributed by atoms with Crippen molar-refractivity contribution in [2.45, 2.75) is 25.0 Å². The molecule has 3 aromatic rings. The SMILES string of the molecule is COc1ccc(C(=O)N[C@H](C)c2nnc(SCC(=O)Nc3cccc(Cl)c3C)n2C)cc1. The molecule has 2 aromatic carbocycles. The minimum absolute atomic E-state index is 0.157. The Hall–Kier alpha value is -3.04. The maximum atomic E-state index is 12.5. The average Bonchev–Trinajstić information content (AvgIpc) is 3.16. The number of benzene rings is 2. The van der Waals surface area contributed by atoms with Crippen molar-refractivity contribution in [1.29, 1.82) is 0 Å². The number of hydrogen-bond donors (Lipinski definition) is 2. The fourth-order valence-electron chi connectivity index (χ4n) is 2.98. The van der Waals surface area contributed by atoms with E-state index in [9.17, 15) is 9.59 Å². The van der Waals surface area contributed by atoms with Gasteiger partial charge in [0.15, 0.2) is 11.0 Å². The van der Waals surface area contributed by atoms with Crippen molar-refractivity contribution in [3.63, 3.8) is 0 Å². The van der Waals surface area contributed by atoms with Gasteiger partial charge < -0.3 is 19.9 Å². The molecule has 2 amide bonds. The smallest absolute Gasteiger partial charge is 0.251 e. The molecule has 0 aliphatic carbocycles. The molecule has 2 N–H and O–H groups in total. The van der Waals surface area contributed by atoms with Gasteiger partial charge in [-0.2, -0.15) is 0 Å². The summed E-state index contributed by atoms with van der Waals surface area (Å²) in [5.74, 6) is 1.02. The van der Waals surface area contributed by atoms with Crippen LogP contribution in [0.15, 0.2) is 47.6 Å². The maximum Gasteiger partial charge on any atom is 0.251 e. The highest BCUT2D eigenvalue weighted by Gasteiger charge is 2.19. The summed E-state index contributed by atoms with van der Waals surface area (Å²) in [5.41, 5.74) is 2.01. The third-order valence-electron chi connectivity index (χ3n) is 4.83. The minimum Gasteiger partial charge on any atom is -0.497 e. The normalized spacial score (nSPS) is 11.7. The highest BCUT2D eigenvalue weighted by molar-refractivity contribution is 7.99. The number of nitrogens with zero attached hydrogens (tertiary/aromatic N) is 3. The van der Waals surface area contributed by atoms with Crippen LogP contribution in [0, 0.1) is 6.92 Å². The Morgan fingerprint density at radius 2 is 1.91 bits per heavy atom. The van der Waals surface area contributed by atoms with Gasteiger partial charge >= 0.3 is 0 Å². The van der Waals surface area contributed by atoms with Crippen LogP contribution in [0.25, 0.3) is 0 Å². The van der Waals surface area contributed by atoms with Crippen molar-refractivity contribution in [2.75, 3.05) is 18.2 Å². The Morgan fingerprint density at radius 1 is 1.19 bits per heavy atom. The van der Waals surface area contributed by atoms with Crippen LogP contribution in [-0.4, -0.2) is 39.4 Å². The summed E-state index contributed by atoms with van der Waals surface area (Å²) in [6, 6.07) is 11.8. The number of amides is 2. The number of nitrogens with one attached hydrogen (secondary N) is 2. The molecule has 0 bridgehead atoms. The molecule has 0 saturated carbocycles. The van der Waals surface area contributed by atoms with Crippen LogP contribution in [0.2, 0.25) is 5.02 Å². The molecule has 1 aromatic heterocycles. The molecular formula is C22H24ClN5O3S. The van der Waals surface area contributed by atoms with Gasteiger partial charge in [-0.15, -0.1) is 10.2 Å². The quantitative estimate of drug-likeness (QED) is 0.480. The van der Waals surface area contributed by atoms with E-state index >= 15 is 0 Å². The molecule has 168 valence electrons. The monoisotopic (exact) mass is 473 g/mol. The Kier molecular flexibility index (Phi) is 7.76. The van der Waals surface area contributed by atoms with Gasteiger partial charge in [0.2, 0.25) is 5.91 Å². The number of carbonyl (C=O) groups is 2. The van der Waals surface area contributed by atoms with Crippen molar-refractivity contribution in [1.82, 2.24) is 20.1 Å². The third-order valence-corrected chi connectivity index (χ3v) is 6.26. The van der Waals surface area contributed by atoms with Crippen molar-refractivity contribution >= 4 is 40.9 Å². The van der Waals surface area contributed by atoms with E-state index in [0.29, 0.717) is 33.0 Å². The van der Waals surface area contributed by atoms with Crippen LogP contribution >= 0.6 is 23.4 Å². The molecule has 8 nitrogen and oxygen atoms in total. The number of methoxy groups -OCH3 is 1. The van der Waals surface area contributed by atoms with E-state index in [0.717, 1.165) is 5.56 Å². The second kappa shape index (κ2) is 10.5. The summed E-state index contributed by atoms with van der Waals surface area (Å²) in [5, 5.41) is 15.3. The predicted octanol–water partition coefficient (Wildman–Crippen LogP) is 4.01. The van der Waals surface area contributed by atoms with Gasteiger partial charge in [0.05, 0.1) is 18.9 Å². The lowest BCUT2D eigenvalue weighted by Gasteiger charge is -2.14. The highest BCUT2D eigenvalue weighted by Crippen LogP contribution is 2.24. The summed E-state index contributed by atoms with van der Waals surface area (Å²) in [7, 11) is 3.37. The Balaban J connectivity index is 1.58. The molecule has 0 saturated heterocycles. The van der Waals surface area contributed by atoms with Crippen LogP contribution in [0.1, 0.15) is 34.7 Å². The molecule has 0 fully saturated rings. The number of anilines is 1. The van der Waals surface area contributed by atoms with E-state index in [2.05, 4.69) is 20.8 Å². The largest absolute Gasteiger partial charge is 0.497 e. The first-order valence-electron chi connectivity index (χ1n) is 9.82. The lowest BCUT2D eigenvalue weighted by atomic mass is 10.2. The number of thioether (sulfide) groups is 1. The Morgan fingerprint density at radius 3 is 2.59 bits per heavy atom. The second-order valence-electron chi connectivity index (χ2n) is 7.07. The molecule has 0 unspecified atom stereocenters. The predicted molar refractivity (Wildman–Crippen MR) is 125 cm³/mol. The van der Waals surface area contributed by atoms with E-state index in [-0.39, 0.29) is 23.6 Å². The summed E-state index contributed by atoms with van der Waals surface area (Å²) < 4.78 is 6.88. The summed E-state index contributed by atoms with van der Waals surface area (Å²) in [6.07, 6.45) is 0. The van der Waals surface area contributed by atoms with Crippen molar-refractivity contribution in [2.24, 2.45) is 7.05 Å².